The van der Waals surface area contributed by atoms with Crippen LogP contribution < -0.4 is 4.74 Å². The molecule has 1 unspecified atom stereocenters. The van der Waals surface area contributed by atoms with E-state index < -0.39 is 0 Å². The number of hydrogen-bond donors (Lipinski definition) is 0. The standard InChI is InChI=1S/C27H22N2O/c1-4-12-21(13-5-1)20-29-25-19-11-10-18-24(25)28-27(29)26(22-14-6-2-7-15-22)30-23-16-8-3-9-17-23/h1-19,26H,20H2. The highest BCUT2D eigenvalue weighted by molar-refractivity contribution is 5.76. The number of nitrogens with zero attached hydrogens (tertiary/aromatic N) is 2. The highest BCUT2D eigenvalue weighted by Gasteiger charge is 2.24. The Morgan fingerprint density at radius 2 is 1.27 bits per heavy atom. The van der Waals surface area contributed by atoms with Gasteiger partial charge in [-0.3, -0.25) is 0 Å². The molecule has 3 nitrogen and oxygen atoms in total. The quantitative estimate of drug-likeness (QED) is 0.342. The van der Waals surface area contributed by atoms with Gasteiger partial charge in [-0.1, -0.05) is 91.0 Å². The van der Waals surface area contributed by atoms with Gasteiger partial charge < -0.3 is 9.30 Å². The van der Waals surface area contributed by atoms with Crippen molar-refractivity contribution in [3.05, 3.63) is 132 Å². The number of rotatable bonds is 6. The zero-order valence-electron chi connectivity index (χ0n) is 16.6. The van der Waals surface area contributed by atoms with Crippen LogP contribution in [0.2, 0.25) is 0 Å². The number of hydrogen-bond acceptors (Lipinski definition) is 2. The summed E-state index contributed by atoms with van der Waals surface area (Å²) in [6.45, 7) is 0.734. The first-order valence-electron chi connectivity index (χ1n) is 10.1. The SMILES string of the molecule is c1ccc(Cn2c(C(Oc3ccccc3)c3ccccc3)nc3ccccc32)cc1. The normalized spacial score (nSPS) is 12.0. The lowest BCUT2D eigenvalue weighted by molar-refractivity contribution is 0.232. The molecule has 146 valence electrons. The van der Waals surface area contributed by atoms with E-state index in [1.165, 1.54) is 5.56 Å². The summed E-state index contributed by atoms with van der Waals surface area (Å²) in [4.78, 5) is 5.02. The fourth-order valence-electron chi connectivity index (χ4n) is 3.76. The molecule has 0 aliphatic heterocycles. The zero-order chi connectivity index (χ0) is 20.2. The summed E-state index contributed by atoms with van der Waals surface area (Å²) in [7, 11) is 0. The van der Waals surface area contributed by atoms with E-state index >= 15 is 0 Å². The first kappa shape index (κ1) is 18.2. The molecule has 1 heterocycles. The molecule has 30 heavy (non-hydrogen) atoms. The van der Waals surface area contributed by atoms with Gasteiger partial charge in [0.25, 0.3) is 0 Å². The number of benzene rings is 4. The van der Waals surface area contributed by atoms with Crippen molar-refractivity contribution < 1.29 is 4.74 Å². The third kappa shape index (κ3) is 3.70. The van der Waals surface area contributed by atoms with Crippen LogP contribution >= 0.6 is 0 Å². The summed E-state index contributed by atoms with van der Waals surface area (Å²) in [6, 6.07) is 39.0. The Hall–Kier alpha value is -3.85. The van der Waals surface area contributed by atoms with Crippen LogP contribution in [0.15, 0.2) is 115 Å². The average Bonchev–Trinajstić information content (AvgIpc) is 3.17. The number of aromatic nitrogens is 2. The van der Waals surface area contributed by atoms with E-state index in [0.29, 0.717) is 0 Å². The van der Waals surface area contributed by atoms with Gasteiger partial charge in [0.15, 0.2) is 11.9 Å². The average molecular weight is 390 g/mol. The summed E-state index contributed by atoms with van der Waals surface area (Å²) in [5.74, 6) is 1.72. The van der Waals surface area contributed by atoms with E-state index in [-0.39, 0.29) is 6.10 Å². The molecule has 3 heteroatoms. The Morgan fingerprint density at radius 3 is 2.00 bits per heavy atom. The van der Waals surface area contributed by atoms with Crippen LogP contribution in [0.25, 0.3) is 11.0 Å². The van der Waals surface area contributed by atoms with Crippen LogP contribution in [0.4, 0.5) is 0 Å². The molecule has 5 aromatic rings. The van der Waals surface area contributed by atoms with E-state index in [4.69, 9.17) is 9.72 Å². The van der Waals surface area contributed by atoms with E-state index in [1.807, 2.05) is 60.7 Å². The summed E-state index contributed by atoms with van der Waals surface area (Å²) >= 11 is 0. The van der Waals surface area contributed by atoms with Crippen LogP contribution in [0, 0.1) is 0 Å². The van der Waals surface area contributed by atoms with Crippen LogP contribution in [0.5, 0.6) is 5.75 Å². The maximum atomic E-state index is 6.51. The van der Waals surface area contributed by atoms with Gasteiger partial charge in [0.2, 0.25) is 0 Å². The van der Waals surface area contributed by atoms with E-state index in [1.54, 1.807) is 0 Å². The van der Waals surface area contributed by atoms with Crippen molar-refractivity contribution in [3.63, 3.8) is 0 Å². The molecule has 1 atom stereocenters. The summed E-state index contributed by atoms with van der Waals surface area (Å²) < 4.78 is 8.78. The highest BCUT2D eigenvalue weighted by Crippen LogP contribution is 2.31. The van der Waals surface area contributed by atoms with Crippen molar-refractivity contribution >= 4 is 11.0 Å². The molecule has 1 aromatic heterocycles. The summed E-state index contributed by atoms with van der Waals surface area (Å²) in [5, 5.41) is 0. The molecule has 0 fully saturated rings. The third-order valence-corrected chi connectivity index (χ3v) is 5.20. The van der Waals surface area contributed by atoms with E-state index in [9.17, 15) is 0 Å². The second-order valence-corrected chi connectivity index (χ2v) is 7.25. The van der Waals surface area contributed by atoms with E-state index in [0.717, 1.165) is 34.7 Å². The van der Waals surface area contributed by atoms with Gasteiger partial charge in [-0.15, -0.1) is 0 Å². The second-order valence-electron chi connectivity index (χ2n) is 7.25. The molecule has 0 aliphatic rings. The Labute approximate surface area is 176 Å². The Balaban J connectivity index is 1.66. The predicted molar refractivity (Wildman–Crippen MR) is 121 cm³/mol. The maximum absolute atomic E-state index is 6.51. The topological polar surface area (TPSA) is 27.1 Å². The summed E-state index contributed by atoms with van der Waals surface area (Å²) in [5.41, 5.74) is 4.38. The summed E-state index contributed by atoms with van der Waals surface area (Å²) in [6.07, 6.45) is -0.315. The molecular weight excluding hydrogens is 368 g/mol. The van der Waals surface area contributed by atoms with Crippen LogP contribution in [-0.4, -0.2) is 9.55 Å². The molecule has 0 spiro atoms. The lowest BCUT2D eigenvalue weighted by atomic mass is 10.1. The Kier molecular flexibility index (Phi) is 5.01. The molecule has 0 radical (unpaired) electrons. The van der Waals surface area contributed by atoms with Crippen LogP contribution in [0.1, 0.15) is 23.1 Å². The number of fused-ring (bicyclic) bond motifs is 1. The minimum atomic E-state index is -0.315. The molecule has 0 saturated carbocycles. The van der Waals surface area contributed by atoms with Gasteiger partial charge in [0.1, 0.15) is 5.75 Å². The molecule has 4 aromatic carbocycles. The molecule has 5 rings (SSSR count). The molecule has 0 amide bonds. The molecule has 0 saturated heterocycles. The van der Waals surface area contributed by atoms with E-state index in [2.05, 4.69) is 59.2 Å². The smallest absolute Gasteiger partial charge is 0.181 e. The van der Waals surface area contributed by atoms with Gasteiger partial charge in [-0.05, 0) is 29.8 Å². The van der Waals surface area contributed by atoms with Crippen molar-refractivity contribution in [2.45, 2.75) is 12.6 Å². The van der Waals surface area contributed by atoms with Crippen LogP contribution in [0.3, 0.4) is 0 Å². The second kappa shape index (κ2) is 8.26. The van der Waals surface area contributed by atoms with Crippen molar-refractivity contribution in [3.8, 4) is 5.75 Å². The van der Waals surface area contributed by atoms with Gasteiger partial charge in [0.05, 0.1) is 11.0 Å². The first-order valence-corrected chi connectivity index (χ1v) is 10.1. The van der Waals surface area contributed by atoms with Crippen molar-refractivity contribution in [2.75, 3.05) is 0 Å². The highest BCUT2D eigenvalue weighted by atomic mass is 16.5. The fraction of sp³-hybridized carbons (Fsp3) is 0.0741. The number of imidazole rings is 1. The van der Waals surface area contributed by atoms with Crippen molar-refractivity contribution in [1.29, 1.82) is 0 Å². The van der Waals surface area contributed by atoms with Crippen molar-refractivity contribution in [1.82, 2.24) is 9.55 Å². The molecule has 0 N–H and O–H groups in total. The van der Waals surface area contributed by atoms with Gasteiger partial charge in [-0.2, -0.15) is 0 Å². The Bertz CT molecular complexity index is 1230. The Morgan fingerprint density at radius 1 is 0.667 bits per heavy atom. The lowest BCUT2D eigenvalue weighted by Gasteiger charge is -2.21. The predicted octanol–water partition coefficient (Wildman–Crippen LogP) is 6.25. The minimum Gasteiger partial charge on any atom is -0.478 e. The molecule has 0 bridgehead atoms. The minimum absolute atomic E-state index is 0.315. The lowest BCUT2D eigenvalue weighted by Crippen LogP contribution is -2.16. The van der Waals surface area contributed by atoms with Gasteiger partial charge >= 0.3 is 0 Å². The number of ether oxygens (including phenoxy) is 1. The largest absolute Gasteiger partial charge is 0.478 e. The monoisotopic (exact) mass is 390 g/mol. The fourth-order valence-corrected chi connectivity index (χ4v) is 3.76. The van der Waals surface area contributed by atoms with Gasteiger partial charge in [0, 0.05) is 12.1 Å². The number of para-hydroxylation sites is 3. The van der Waals surface area contributed by atoms with Gasteiger partial charge in [-0.25, -0.2) is 4.98 Å². The first-order chi connectivity index (χ1) is 14.9. The van der Waals surface area contributed by atoms with Crippen LogP contribution in [-0.2, 0) is 6.54 Å². The zero-order valence-corrected chi connectivity index (χ0v) is 16.6. The van der Waals surface area contributed by atoms with Crippen molar-refractivity contribution in [2.24, 2.45) is 0 Å². The maximum Gasteiger partial charge on any atom is 0.181 e. The third-order valence-electron chi connectivity index (χ3n) is 5.20. The molecular formula is C27H22N2O. The molecule has 0 aliphatic carbocycles.